The van der Waals surface area contributed by atoms with Crippen molar-refractivity contribution in [1.29, 1.82) is 0 Å². The molecule has 1 aromatic heterocycles. The van der Waals surface area contributed by atoms with Gasteiger partial charge in [0.15, 0.2) is 10.8 Å². The second-order valence-corrected chi connectivity index (χ2v) is 4.78. The zero-order valence-corrected chi connectivity index (χ0v) is 12.0. The van der Waals surface area contributed by atoms with Gasteiger partial charge in [-0.2, -0.15) is 5.10 Å². The number of carbonyl (C=O) groups is 1. The Labute approximate surface area is 122 Å². The molecule has 0 aliphatic rings. The SMILES string of the molecule is Cc1ccc(NC(=S)Nc2cn(C)nc2C(N)=O)cc1. The van der Waals surface area contributed by atoms with Crippen LogP contribution < -0.4 is 16.4 Å². The van der Waals surface area contributed by atoms with E-state index >= 15 is 0 Å². The van der Waals surface area contributed by atoms with Crippen LogP contribution in [0.4, 0.5) is 11.4 Å². The highest BCUT2D eigenvalue weighted by atomic mass is 32.1. The summed E-state index contributed by atoms with van der Waals surface area (Å²) in [4.78, 5) is 11.3. The van der Waals surface area contributed by atoms with E-state index in [9.17, 15) is 4.79 Å². The number of primary amides is 1. The first-order valence-corrected chi connectivity index (χ1v) is 6.34. The third-order valence-electron chi connectivity index (χ3n) is 2.62. The van der Waals surface area contributed by atoms with Crippen molar-refractivity contribution in [2.45, 2.75) is 6.92 Å². The van der Waals surface area contributed by atoms with Crippen LogP contribution in [0.15, 0.2) is 30.5 Å². The lowest BCUT2D eigenvalue weighted by molar-refractivity contribution is 0.0995. The summed E-state index contributed by atoms with van der Waals surface area (Å²) in [5, 5.41) is 10.3. The molecule has 6 nitrogen and oxygen atoms in total. The Morgan fingerprint density at radius 1 is 1.30 bits per heavy atom. The number of aryl methyl sites for hydroxylation is 2. The van der Waals surface area contributed by atoms with Gasteiger partial charge in [0.05, 0.1) is 5.69 Å². The molecule has 1 heterocycles. The molecular weight excluding hydrogens is 274 g/mol. The van der Waals surface area contributed by atoms with Crippen LogP contribution >= 0.6 is 12.2 Å². The number of rotatable bonds is 3. The normalized spacial score (nSPS) is 10.1. The third-order valence-corrected chi connectivity index (χ3v) is 2.82. The maximum absolute atomic E-state index is 11.3. The summed E-state index contributed by atoms with van der Waals surface area (Å²) in [6.45, 7) is 2.01. The monoisotopic (exact) mass is 289 g/mol. The molecular formula is C13H15N5OS. The van der Waals surface area contributed by atoms with Gasteiger partial charge in [-0.3, -0.25) is 9.48 Å². The molecule has 0 aliphatic carbocycles. The number of nitrogens with zero attached hydrogens (tertiary/aromatic N) is 2. The molecule has 0 unspecified atom stereocenters. The molecule has 0 atom stereocenters. The van der Waals surface area contributed by atoms with Crippen molar-refractivity contribution in [3.05, 3.63) is 41.7 Å². The van der Waals surface area contributed by atoms with Gasteiger partial charge in [0, 0.05) is 18.9 Å². The Morgan fingerprint density at radius 3 is 2.55 bits per heavy atom. The molecule has 0 fully saturated rings. The summed E-state index contributed by atoms with van der Waals surface area (Å²) in [5.74, 6) is -0.605. The van der Waals surface area contributed by atoms with Crippen molar-refractivity contribution in [1.82, 2.24) is 9.78 Å². The van der Waals surface area contributed by atoms with Gasteiger partial charge in [-0.15, -0.1) is 0 Å². The van der Waals surface area contributed by atoms with Crippen LogP contribution in [0.1, 0.15) is 16.1 Å². The van der Waals surface area contributed by atoms with Crippen molar-refractivity contribution in [3.63, 3.8) is 0 Å². The Kier molecular flexibility index (Phi) is 3.99. The molecule has 0 bridgehead atoms. The van der Waals surface area contributed by atoms with E-state index in [4.69, 9.17) is 18.0 Å². The highest BCUT2D eigenvalue weighted by molar-refractivity contribution is 7.80. The maximum atomic E-state index is 11.3. The minimum atomic E-state index is -0.605. The zero-order valence-electron chi connectivity index (χ0n) is 11.2. The van der Waals surface area contributed by atoms with Gasteiger partial charge in [0.25, 0.3) is 5.91 Å². The number of anilines is 2. The molecule has 7 heteroatoms. The van der Waals surface area contributed by atoms with Crippen molar-refractivity contribution < 1.29 is 4.79 Å². The van der Waals surface area contributed by atoms with Crippen molar-refractivity contribution in [2.24, 2.45) is 12.8 Å². The van der Waals surface area contributed by atoms with Gasteiger partial charge in [-0.1, -0.05) is 17.7 Å². The lowest BCUT2D eigenvalue weighted by atomic mass is 10.2. The van der Waals surface area contributed by atoms with Crippen molar-refractivity contribution >= 4 is 34.6 Å². The number of hydrogen-bond acceptors (Lipinski definition) is 3. The summed E-state index contributed by atoms with van der Waals surface area (Å²) < 4.78 is 1.50. The van der Waals surface area contributed by atoms with Crippen molar-refractivity contribution in [3.8, 4) is 0 Å². The van der Waals surface area contributed by atoms with Crippen LogP contribution in [-0.2, 0) is 7.05 Å². The molecule has 2 rings (SSSR count). The van der Waals surface area contributed by atoms with E-state index in [-0.39, 0.29) is 5.69 Å². The van der Waals surface area contributed by atoms with Crippen LogP contribution in [0, 0.1) is 6.92 Å². The fourth-order valence-corrected chi connectivity index (χ4v) is 1.91. The average molecular weight is 289 g/mol. The number of thiocarbonyl (C=S) groups is 1. The van der Waals surface area contributed by atoms with E-state index in [0.29, 0.717) is 10.8 Å². The number of aromatic nitrogens is 2. The number of benzene rings is 1. The lowest BCUT2D eigenvalue weighted by Gasteiger charge is -2.09. The Morgan fingerprint density at radius 2 is 1.95 bits per heavy atom. The Hall–Kier alpha value is -2.41. The number of hydrogen-bond donors (Lipinski definition) is 3. The molecule has 2 aromatic rings. The van der Waals surface area contributed by atoms with E-state index in [0.717, 1.165) is 11.3 Å². The molecule has 1 amide bonds. The molecule has 20 heavy (non-hydrogen) atoms. The second kappa shape index (κ2) is 5.70. The minimum Gasteiger partial charge on any atom is -0.364 e. The first-order chi connectivity index (χ1) is 9.45. The molecule has 0 spiro atoms. The topological polar surface area (TPSA) is 85.0 Å². The summed E-state index contributed by atoms with van der Waals surface area (Å²) >= 11 is 5.19. The highest BCUT2D eigenvalue weighted by Crippen LogP contribution is 2.14. The summed E-state index contributed by atoms with van der Waals surface area (Å²) in [5.41, 5.74) is 7.91. The predicted octanol–water partition coefficient (Wildman–Crippen LogP) is 1.64. The molecule has 1 aromatic carbocycles. The molecule has 0 radical (unpaired) electrons. The largest absolute Gasteiger partial charge is 0.364 e. The molecule has 0 saturated carbocycles. The fourth-order valence-electron chi connectivity index (χ4n) is 1.68. The van der Waals surface area contributed by atoms with E-state index < -0.39 is 5.91 Å². The third kappa shape index (κ3) is 3.33. The van der Waals surface area contributed by atoms with Crippen LogP contribution in [-0.4, -0.2) is 20.8 Å². The van der Waals surface area contributed by atoms with Crippen LogP contribution in [0.25, 0.3) is 0 Å². The lowest BCUT2D eigenvalue weighted by Crippen LogP contribution is -2.21. The fraction of sp³-hybridized carbons (Fsp3) is 0.154. The van der Waals surface area contributed by atoms with E-state index in [1.807, 2.05) is 31.2 Å². The van der Waals surface area contributed by atoms with Gasteiger partial charge in [0.1, 0.15) is 0 Å². The van der Waals surface area contributed by atoms with Gasteiger partial charge in [0.2, 0.25) is 0 Å². The van der Waals surface area contributed by atoms with Gasteiger partial charge in [-0.25, -0.2) is 0 Å². The molecule has 0 aliphatic heterocycles. The minimum absolute atomic E-state index is 0.153. The standard InChI is InChI=1S/C13H15N5OS/c1-8-3-5-9(6-4-8)15-13(20)16-10-7-18(2)17-11(10)12(14)19/h3-7H,1-2H3,(H2,14,19)(H2,15,16,20). The average Bonchev–Trinajstić information content (AvgIpc) is 2.73. The summed E-state index contributed by atoms with van der Waals surface area (Å²) in [6.07, 6.45) is 1.64. The number of nitrogens with one attached hydrogen (secondary N) is 2. The first kappa shape index (κ1) is 14.0. The second-order valence-electron chi connectivity index (χ2n) is 4.37. The first-order valence-electron chi connectivity index (χ1n) is 5.94. The van der Waals surface area contributed by atoms with Crippen LogP contribution in [0.5, 0.6) is 0 Å². The Balaban J connectivity index is 2.08. The van der Waals surface area contributed by atoms with Gasteiger partial charge < -0.3 is 16.4 Å². The molecule has 104 valence electrons. The number of amides is 1. The van der Waals surface area contributed by atoms with E-state index in [2.05, 4.69) is 15.7 Å². The highest BCUT2D eigenvalue weighted by Gasteiger charge is 2.13. The quantitative estimate of drug-likeness (QED) is 0.748. The zero-order chi connectivity index (χ0) is 14.7. The van der Waals surface area contributed by atoms with E-state index in [1.165, 1.54) is 4.68 Å². The summed E-state index contributed by atoms with van der Waals surface area (Å²) in [6, 6.07) is 7.79. The van der Waals surface area contributed by atoms with Gasteiger partial charge >= 0.3 is 0 Å². The van der Waals surface area contributed by atoms with E-state index in [1.54, 1.807) is 13.2 Å². The smallest absolute Gasteiger partial charge is 0.271 e. The van der Waals surface area contributed by atoms with Crippen LogP contribution in [0.3, 0.4) is 0 Å². The Bertz CT molecular complexity index is 647. The number of nitrogens with two attached hydrogens (primary N) is 1. The number of carbonyl (C=O) groups excluding carboxylic acids is 1. The van der Waals surface area contributed by atoms with Crippen molar-refractivity contribution in [2.75, 3.05) is 10.6 Å². The molecule has 4 N–H and O–H groups in total. The maximum Gasteiger partial charge on any atom is 0.271 e. The molecule has 0 saturated heterocycles. The summed E-state index contributed by atoms with van der Waals surface area (Å²) in [7, 11) is 1.70. The predicted molar refractivity (Wildman–Crippen MR) is 82.7 cm³/mol. The van der Waals surface area contributed by atoms with Crippen LogP contribution in [0.2, 0.25) is 0 Å². The van der Waals surface area contributed by atoms with Gasteiger partial charge in [-0.05, 0) is 31.3 Å².